The Kier molecular flexibility index (Phi) is 6.68. The van der Waals surface area contributed by atoms with Gasteiger partial charge in [-0.2, -0.15) is 0 Å². The maximum atomic E-state index is 12.6. The summed E-state index contributed by atoms with van der Waals surface area (Å²) in [5.74, 6) is -0.565. The molecule has 0 spiro atoms. The van der Waals surface area contributed by atoms with Crippen LogP contribution in [-0.2, 0) is 4.79 Å². The quantitative estimate of drug-likeness (QED) is 0.465. The Morgan fingerprint density at radius 2 is 1.25 bits per heavy atom. The van der Waals surface area contributed by atoms with Crippen molar-refractivity contribution in [2.24, 2.45) is 0 Å². The van der Waals surface area contributed by atoms with Gasteiger partial charge in [-0.1, -0.05) is 72.8 Å². The Hall–Kier alpha value is -4.25. The number of carbonyl (C=O) groups excluding carboxylic acids is 2. The second-order valence-corrected chi connectivity index (χ2v) is 7.32. The molecule has 0 saturated carbocycles. The van der Waals surface area contributed by atoms with Crippen molar-refractivity contribution in [3.63, 3.8) is 0 Å². The first-order valence-corrected chi connectivity index (χ1v) is 10.4. The largest absolute Gasteiger partial charge is 0.344 e. The number of hydrogen-bond acceptors (Lipinski definition) is 3. The first-order valence-electron chi connectivity index (χ1n) is 10.4. The lowest BCUT2D eigenvalue weighted by Gasteiger charge is -2.20. The Morgan fingerprint density at radius 3 is 1.91 bits per heavy atom. The third-order valence-corrected chi connectivity index (χ3v) is 5.14. The van der Waals surface area contributed by atoms with Gasteiger partial charge in [0.1, 0.15) is 0 Å². The standard InChI is InChI=1S/C27H23N3O2/c31-25(30-26(22-9-5-2-6-10-22)23-15-17-28-18-16-23)19-29-27(32)24-13-11-21(12-14-24)20-7-3-1-4-8-20/h1-18,26H,19H2,(H,29,32)(H,30,31). The van der Waals surface area contributed by atoms with Gasteiger partial charge in [-0.15, -0.1) is 0 Å². The van der Waals surface area contributed by atoms with Crippen molar-refractivity contribution in [2.45, 2.75) is 6.04 Å². The van der Waals surface area contributed by atoms with Gasteiger partial charge in [0.25, 0.3) is 5.91 Å². The van der Waals surface area contributed by atoms with Crippen molar-refractivity contribution in [1.29, 1.82) is 0 Å². The van der Waals surface area contributed by atoms with Crippen LogP contribution in [-0.4, -0.2) is 23.3 Å². The molecule has 5 nitrogen and oxygen atoms in total. The minimum absolute atomic E-state index is 0.117. The summed E-state index contributed by atoms with van der Waals surface area (Å²) in [6, 6.07) is 30.4. The summed E-state index contributed by atoms with van der Waals surface area (Å²) in [6.07, 6.45) is 3.39. The highest BCUT2D eigenvalue weighted by Crippen LogP contribution is 2.21. The van der Waals surface area contributed by atoms with Crippen molar-refractivity contribution in [2.75, 3.05) is 6.54 Å². The van der Waals surface area contributed by atoms with E-state index in [2.05, 4.69) is 15.6 Å². The minimum Gasteiger partial charge on any atom is -0.344 e. The number of amides is 2. The SMILES string of the molecule is O=C(CNC(=O)c1ccc(-c2ccccc2)cc1)NC(c1ccccc1)c1ccncc1. The number of nitrogens with zero attached hydrogens (tertiary/aromatic N) is 1. The molecule has 0 bridgehead atoms. The molecule has 32 heavy (non-hydrogen) atoms. The molecule has 5 heteroatoms. The van der Waals surface area contributed by atoms with Gasteiger partial charge >= 0.3 is 0 Å². The highest BCUT2D eigenvalue weighted by molar-refractivity contribution is 5.96. The van der Waals surface area contributed by atoms with Gasteiger partial charge in [0, 0.05) is 18.0 Å². The van der Waals surface area contributed by atoms with E-state index in [1.165, 1.54) is 0 Å². The van der Waals surface area contributed by atoms with Crippen LogP contribution in [0.2, 0.25) is 0 Å². The average Bonchev–Trinajstić information content (AvgIpc) is 2.87. The Balaban J connectivity index is 1.38. The number of aromatic nitrogens is 1. The van der Waals surface area contributed by atoms with Gasteiger partial charge in [0.2, 0.25) is 5.91 Å². The average molecular weight is 422 g/mol. The first kappa shape index (κ1) is 21.0. The zero-order valence-electron chi connectivity index (χ0n) is 17.4. The summed E-state index contributed by atoms with van der Waals surface area (Å²) in [7, 11) is 0. The molecule has 3 aromatic carbocycles. The molecule has 2 N–H and O–H groups in total. The number of rotatable bonds is 7. The molecule has 1 heterocycles. The minimum atomic E-state index is -0.325. The van der Waals surface area contributed by atoms with Crippen LogP contribution in [0.5, 0.6) is 0 Å². The molecule has 0 saturated heterocycles. The number of pyridine rings is 1. The normalized spacial score (nSPS) is 11.4. The molecule has 0 radical (unpaired) electrons. The summed E-state index contributed by atoms with van der Waals surface area (Å²) < 4.78 is 0. The van der Waals surface area contributed by atoms with Crippen LogP contribution in [0.4, 0.5) is 0 Å². The van der Waals surface area contributed by atoms with E-state index in [1.54, 1.807) is 24.5 Å². The smallest absolute Gasteiger partial charge is 0.251 e. The van der Waals surface area contributed by atoms with E-state index in [0.717, 1.165) is 22.3 Å². The number of hydrogen-bond donors (Lipinski definition) is 2. The Bertz CT molecular complexity index is 1120. The molecule has 2 amide bonds. The molecule has 0 aliphatic rings. The summed E-state index contributed by atoms with van der Waals surface area (Å²) in [6.45, 7) is -0.117. The van der Waals surface area contributed by atoms with Crippen LogP contribution in [0.3, 0.4) is 0 Å². The topological polar surface area (TPSA) is 71.1 Å². The van der Waals surface area contributed by atoms with Crippen LogP contribution in [0.25, 0.3) is 11.1 Å². The van der Waals surface area contributed by atoms with Gasteiger partial charge in [-0.05, 0) is 46.5 Å². The molecular weight excluding hydrogens is 398 g/mol. The molecule has 1 aromatic heterocycles. The van der Waals surface area contributed by atoms with Gasteiger partial charge in [-0.25, -0.2) is 0 Å². The molecule has 0 aliphatic carbocycles. The molecular formula is C27H23N3O2. The lowest BCUT2D eigenvalue weighted by molar-refractivity contribution is -0.120. The Labute approximate surface area is 187 Å². The van der Waals surface area contributed by atoms with Crippen LogP contribution >= 0.6 is 0 Å². The molecule has 1 unspecified atom stereocenters. The molecule has 4 aromatic rings. The van der Waals surface area contributed by atoms with Crippen molar-refractivity contribution in [3.8, 4) is 11.1 Å². The highest BCUT2D eigenvalue weighted by atomic mass is 16.2. The van der Waals surface area contributed by atoms with Crippen LogP contribution < -0.4 is 10.6 Å². The van der Waals surface area contributed by atoms with Crippen molar-refractivity contribution in [1.82, 2.24) is 15.6 Å². The highest BCUT2D eigenvalue weighted by Gasteiger charge is 2.17. The predicted octanol–water partition coefficient (Wildman–Crippen LogP) is 4.38. The van der Waals surface area contributed by atoms with Gasteiger partial charge in [-0.3, -0.25) is 14.6 Å². The van der Waals surface area contributed by atoms with E-state index in [0.29, 0.717) is 5.56 Å². The zero-order valence-corrected chi connectivity index (χ0v) is 17.4. The summed E-state index contributed by atoms with van der Waals surface area (Å²) in [5.41, 5.74) is 4.49. The summed E-state index contributed by atoms with van der Waals surface area (Å²) >= 11 is 0. The van der Waals surface area contributed by atoms with E-state index in [9.17, 15) is 9.59 Å². The predicted molar refractivity (Wildman–Crippen MR) is 125 cm³/mol. The van der Waals surface area contributed by atoms with Crippen molar-refractivity contribution < 1.29 is 9.59 Å². The number of carbonyl (C=O) groups is 2. The van der Waals surface area contributed by atoms with Gasteiger partial charge < -0.3 is 10.6 Å². The zero-order chi connectivity index (χ0) is 22.2. The maximum absolute atomic E-state index is 12.6. The van der Waals surface area contributed by atoms with E-state index < -0.39 is 0 Å². The monoisotopic (exact) mass is 421 g/mol. The second kappa shape index (κ2) is 10.2. The van der Waals surface area contributed by atoms with E-state index >= 15 is 0 Å². The lowest BCUT2D eigenvalue weighted by atomic mass is 9.99. The summed E-state index contributed by atoms with van der Waals surface area (Å²) in [5, 5.41) is 5.71. The number of nitrogens with one attached hydrogen (secondary N) is 2. The molecule has 158 valence electrons. The van der Waals surface area contributed by atoms with E-state index in [1.807, 2.05) is 84.9 Å². The summed E-state index contributed by atoms with van der Waals surface area (Å²) in [4.78, 5) is 29.2. The first-order chi connectivity index (χ1) is 15.7. The number of benzene rings is 3. The van der Waals surface area contributed by atoms with Crippen molar-refractivity contribution in [3.05, 3.63) is 126 Å². The van der Waals surface area contributed by atoms with E-state index in [-0.39, 0.29) is 24.4 Å². The molecule has 0 fully saturated rings. The third kappa shape index (κ3) is 5.26. The fourth-order valence-corrected chi connectivity index (χ4v) is 3.48. The fourth-order valence-electron chi connectivity index (χ4n) is 3.48. The van der Waals surface area contributed by atoms with E-state index in [4.69, 9.17) is 0 Å². The lowest BCUT2D eigenvalue weighted by Crippen LogP contribution is -2.39. The Morgan fingerprint density at radius 1 is 0.688 bits per heavy atom. The molecule has 0 aliphatic heterocycles. The van der Waals surface area contributed by atoms with Gasteiger partial charge in [0.05, 0.1) is 12.6 Å². The second-order valence-electron chi connectivity index (χ2n) is 7.32. The third-order valence-electron chi connectivity index (χ3n) is 5.14. The van der Waals surface area contributed by atoms with Crippen LogP contribution in [0.15, 0.2) is 109 Å². The maximum Gasteiger partial charge on any atom is 0.251 e. The van der Waals surface area contributed by atoms with Crippen LogP contribution in [0.1, 0.15) is 27.5 Å². The van der Waals surface area contributed by atoms with Crippen molar-refractivity contribution >= 4 is 11.8 Å². The fraction of sp³-hybridized carbons (Fsp3) is 0.0741. The molecule has 4 rings (SSSR count). The van der Waals surface area contributed by atoms with Crippen LogP contribution in [0, 0.1) is 0 Å². The molecule has 1 atom stereocenters. The van der Waals surface area contributed by atoms with Gasteiger partial charge in [0.15, 0.2) is 0 Å².